The maximum absolute atomic E-state index is 13.5. The van der Waals surface area contributed by atoms with Gasteiger partial charge < -0.3 is 10.5 Å². The van der Waals surface area contributed by atoms with Gasteiger partial charge in [0.1, 0.15) is 29.8 Å². The number of alkyl halides is 3. The van der Waals surface area contributed by atoms with Crippen LogP contribution in [-0.2, 0) is 0 Å². The molecule has 27 heavy (non-hydrogen) atoms. The molecule has 0 amide bonds. The van der Waals surface area contributed by atoms with Crippen molar-refractivity contribution in [2.45, 2.75) is 38.8 Å². The molecule has 3 rings (SSSR count). The molecule has 146 valence electrons. The van der Waals surface area contributed by atoms with E-state index >= 15 is 0 Å². The lowest BCUT2D eigenvalue weighted by atomic mass is 9.78. The van der Waals surface area contributed by atoms with Gasteiger partial charge >= 0.3 is 6.18 Å². The Morgan fingerprint density at radius 2 is 1.81 bits per heavy atom. The highest BCUT2D eigenvalue weighted by molar-refractivity contribution is 5.70. The fraction of sp³-hybridized carbons (Fsp3) is 0.450. The van der Waals surface area contributed by atoms with E-state index < -0.39 is 24.5 Å². The van der Waals surface area contributed by atoms with Crippen molar-refractivity contribution in [1.29, 1.82) is 0 Å². The van der Waals surface area contributed by atoms with Crippen LogP contribution in [0, 0.1) is 11.2 Å². The molecule has 0 spiro atoms. The molecule has 2 heterocycles. The third-order valence-electron chi connectivity index (χ3n) is 4.94. The Morgan fingerprint density at radius 3 is 2.33 bits per heavy atom. The van der Waals surface area contributed by atoms with Crippen LogP contribution in [0.5, 0.6) is 5.75 Å². The Balaban J connectivity index is 2.23. The van der Waals surface area contributed by atoms with E-state index in [2.05, 4.69) is 4.98 Å². The lowest BCUT2D eigenvalue weighted by Crippen LogP contribution is -2.27. The van der Waals surface area contributed by atoms with Gasteiger partial charge in [-0.15, -0.1) is 0 Å². The number of benzene rings is 1. The van der Waals surface area contributed by atoms with E-state index in [0.29, 0.717) is 11.3 Å². The molecule has 3 nitrogen and oxygen atoms in total. The van der Waals surface area contributed by atoms with Crippen LogP contribution in [-0.4, -0.2) is 24.3 Å². The van der Waals surface area contributed by atoms with E-state index in [1.165, 1.54) is 30.3 Å². The fourth-order valence-electron chi connectivity index (χ4n) is 3.41. The maximum atomic E-state index is 13.5. The quantitative estimate of drug-likeness (QED) is 0.759. The summed E-state index contributed by atoms with van der Waals surface area (Å²) >= 11 is 0. The van der Waals surface area contributed by atoms with Gasteiger partial charge in [-0.25, -0.2) is 9.37 Å². The molecule has 0 saturated carbocycles. The Morgan fingerprint density at radius 1 is 1.19 bits per heavy atom. The molecule has 0 radical (unpaired) electrons. The highest BCUT2D eigenvalue weighted by Gasteiger charge is 2.47. The Hall–Kier alpha value is -2.15. The summed E-state index contributed by atoms with van der Waals surface area (Å²) in [5.74, 6) is -2.28. The number of halogens is 4. The van der Waals surface area contributed by atoms with Gasteiger partial charge in [0.05, 0.1) is 0 Å². The Bertz CT molecular complexity index is 826. The predicted octanol–water partition coefficient (Wildman–Crippen LogP) is 5.01. The van der Waals surface area contributed by atoms with Crippen molar-refractivity contribution in [3.63, 3.8) is 0 Å². The lowest BCUT2D eigenvalue weighted by Gasteiger charge is -2.30. The maximum Gasteiger partial charge on any atom is 0.399 e. The molecule has 2 aromatic rings. The number of pyridine rings is 1. The topological polar surface area (TPSA) is 48.1 Å². The second-order valence-electron chi connectivity index (χ2n) is 7.88. The van der Waals surface area contributed by atoms with Gasteiger partial charge in [-0.3, -0.25) is 0 Å². The molecule has 1 aromatic carbocycles. The van der Waals surface area contributed by atoms with Crippen LogP contribution in [0.25, 0.3) is 11.3 Å². The summed E-state index contributed by atoms with van der Waals surface area (Å²) in [4.78, 5) is 4.60. The van der Waals surface area contributed by atoms with E-state index in [1.54, 1.807) is 0 Å². The number of hydrogen-bond donors (Lipinski definition) is 1. The van der Waals surface area contributed by atoms with Crippen LogP contribution >= 0.6 is 0 Å². The number of rotatable bonds is 3. The largest absolute Gasteiger partial charge is 0.490 e. The molecule has 0 saturated heterocycles. The SMILES string of the molecule is CC(C)(C)C(CN)c1cc2c(c(-c3ccc(F)cc3)n1)OCC2C(F)(F)F. The third-order valence-corrected chi connectivity index (χ3v) is 4.94. The fourth-order valence-corrected chi connectivity index (χ4v) is 3.41. The van der Waals surface area contributed by atoms with Gasteiger partial charge in [0.25, 0.3) is 0 Å². The highest BCUT2D eigenvalue weighted by Crippen LogP contribution is 2.49. The number of hydrogen-bond acceptors (Lipinski definition) is 3. The second kappa shape index (κ2) is 6.78. The number of ether oxygens (including phenoxy) is 1. The van der Waals surface area contributed by atoms with E-state index in [4.69, 9.17) is 10.5 Å². The second-order valence-corrected chi connectivity index (χ2v) is 7.88. The zero-order chi connectivity index (χ0) is 20.0. The van der Waals surface area contributed by atoms with E-state index in [-0.39, 0.29) is 34.9 Å². The smallest absolute Gasteiger partial charge is 0.399 e. The third kappa shape index (κ3) is 3.78. The van der Waals surface area contributed by atoms with Gasteiger partial charge in [-0.05, 0) is 35.7 Å². The Kier molecular flexibility index (Phi) is 4.93. The molecular weight excluding hydrogens is 360 g/mol. The molecule has 0 bridgehead atoms. The molecule has 0 aliphatic carbocycles. The van der Waals surface area contributed by atoms with Crippen LogP contribution in [0.1, 0.15) is 43.9 Å². The van der Waals surface area contributed by atoms with Gasteiger partial charge in [-0.1, -0.05) is 20.8 Å². The first-order valence-corrected chi connectivity index (χ1v) is 8.72. The standard InChI is InChI=1S/C20H22F4N2O/c1-19(2,3)14(9-25)16-8-13-15(20(22,23)24)10-27-18(13)17(26-16)11-4-6-12(21)7-5-11/h4-8,14-15H,9-10,25H2,1-3H3. The number of aromatic nitrogens is 1. The molecule has 1 aliphatic rings. The van der Waals surface area contributed by atoms with E-state index in [1.807, 2.05) is 20.8 Å². The summed E-state index contributed by atoms with van der Waals surface area (Å²) in [7, 11) is 0. The molecule has 2 unspecified atom stereocenters. The van der Waals surface area contributed by atoms with Crippen LogP contribution < -0.4 is 10.5 Å². The molecule has 1 aliphatic heterocycles. The molecular formula is C20H22F4N2O. The predicted molar refractivity (Wildman–Crippen MR) is 95.2 cm³/mol. The molecule has 2 atom stereocenters. The van der Waals surface area contributed by atoms with Gasteiger partial charge in [0, 0.05) is 29.3 Å². The molecule has 2 N–H and O–H groups in total. The van der Waals surface area contributed by atoms with Crippen LogP contribution in [0.4, 0.5) is 17.6 Å². The highest BCUT2D eigenvalue weighted by atomic mass is 19.4. The van der Waals surface area contributed by atoms with Crippen molar-refractivity contribution in [1.82, 2.24) is 4.98 Å². The van der Waals surface area contributed by atoms with Gasteiger partial charge in [0.15, 0.2) is 0 Å². The van der Waals surface area contributed by atoms with Crippen LogP contribution in [0.2, 0.25) is 0 Å². The van der Waals surface area contributed by atoms with Crippen LogP contribution in [0.3, 0.4) is 0 Å². The monoisotopic (exact) mass is 382 g/mol. The van der Waals surface area contributed by atoms with Crippen molar-refractivity contribution in [2.75, 3.05) is 13.2 Å². The number of nitrogens with two attached hydrogens (primary N) is 1. The first kappa shape index (κ1) is 19.6. The number of fused-ring (bicyclic) bond motifs is 1. The van der Waals surface area contributed by atoms with Crippen molar-refractivity contribution < 1.29 is 22.3 Å². The van der Waals surface area contributed by atoms with Crippen molar-refractivity contribution >= 4 is 0 Å². The minimum absolute atomic E-state index is 0.0644. The van der Waals surface area contributed by atoms with Crippen molar-refractivity contribution in [2.24, 2.45) is 11.1 Å². The lowest BCUT2D eigenvalue weighted by molar-refractivity contribution is -0.151. The molecule has 1 aromatic heterocycles. The Labute approximate surface area is 155 Å². The zero-order valence-electron chi connectivity index (χ0n) is 15.4. The van der Waals surface area contributed by atoms with Gasteiger partial charge in [-0.2, -0.15) is 13.2 Å². The summed E-state index contributed by atoms with van der Waals surface area (Å²) in [6, 6.07) is 6.93. The average Bonchev–Trinajstić information content (AvgIpc) is 2.98. The summed E-state index contributed by atoms with van der Waals surface area (Å²) in [5.41, 5.74) is 6.98. The summed E-state index contributed by atoms with van der Waals surface area (Å²) in [6.07, 6.45) is -4.43. The summed E-state index contributed by atoms with van der Waals surface area (Å²) < 4.78 is 59.2. The minimum Gasteiger partial charge on any atom is -0.490 e. The zero-order valence-corrected chi connectivity index (χ0v) is 15.4. The van der Waals surface area contributed by atoms with Gasteiger partial charge in [0.2, 0.25) is 0 Å². The average molecular weight is 382 g/mol. The number of nitrogens with zero attached hydrogens (tertiary/aromatic N) is 1. The van der Waals surface area contributed by atoms with E-state index in [9.17, 15) is 17.6 Å². The van der Waals surface area contributed by atoms with Crippen LogP contribution in [0.15, 0.2) is 30.3 Å². The first-order chi connectivity index (χ1) is 12.5. The van der Waals surface area contributed by atoms with Crippen molar-refractivity contribution in [3.05, 3.63) is 47.4 Å². The summed E-state index contributed by atoms with van der Waals surface area (Å²) in [6.45, 7) is 5.66. The van der Waals surface area contributed by atoms with E-state index in [0.717, 1.165) is 0 Å². The molecule has 7 heteroatoms. The van der Waals surface area contributed by atoms with Crippen molar-refractivity contribution in [3.8, 4) is 17.0 Å². The minimum atomic E-state index is -4.43. The normalized spacial score (nSPS) is 18.1. The molecule has 0 fully saturated rings. The summed E-state index contributed by atoms with van der Waals surface area (Å²) in [5, 5.41) is 0. The first-order valence-electron chi connectivity index (χ1n) is 8.72.